The first kappa shape index (κ1) is 29.7. The standard InChI is InChI=1S/C30H20F4N4.Pt/c1-29(2,19-13-15-21(32)28(36-5)27(19)34)23-10-7-11-25(38-23)30(3,4)24-9-6-8-22(37-24)17-12-14-20(31)18(16-35)26(17)33;/h6-11,14-15H,1-4H3;/q-2;+2. The molecule has 0 saturated carbocycles. The van der Waals surface area contributed by atoms with Crippen LogP contribution in [0.25, 0.3) is 16.1 Å². The molecule has 0 spiro atoms. The molecule has 2 aromatic heterocycles. The minimum absolute atomic E-state index is 0. The molecule has 198 valence electrons. The van der Waals surface area contributed by atoms with E-state index in [2.05, 4.69) is 22.0 Å². The molecule has 2 heterocycles. The Morgan fingerprint density at radius 2 is 1.38 bits per heavy atom. The number of rotatable bonds is 5. The number of hydrogen-bond acceptors (Lipinski definition) is 3. The van der Waals surface area contributed by atoms with Gasteiger partial charge in [-0.3, -0.25) is 27.4 Å². The number of nitriles is 1. The average molecular weight is 708 g/mol. The minimum Gasteiger partial charge on any atom is -0.300 e. The van der Waals surface area contributed by atoms with Crippen LogP contribution < -0.4 is 0 Å². The maximum Gasteiger partial charge on any atom is 2.00 e. The molecule has 2 aromatic carbocycles. The molecule has 4 aromatic rings. The van der Waals surface area contributed by atoms with Crippen molar-refractivity contribution in [2.24, 2.45) is 0 Å². The zero-order chi connectivity index (χ0) is 27.8. The molecule has 0 atom stereocenters. The molecule has 9 heteroatoms. The van der Waals surface area contributed by atoms with E-state index in [-0.39, 0.29) is 37.9 Å². The summed E-state index contributed by atoms with van der Waals surface area (Å²) in [5, 5.41) is 9.11. The summed E-state index contributed by atoms with van der Waals surface area (Å²) in [5.74, 6) is -4.02. The van der Waals surface area contributed by atoms with Crippen LogP contribution in [-0.4, -0.2) is 9.97 Å². The molecular formula is C30H20F4N4Pt. The zero-order valence-electron chi connectivity index (χ0n) is 21.2. The van der Waals surface area contributed by atoms with Gasteiger partial charge in [0.1, 0.15) is 5.69 Å². The van der Waals surface area contributed by atoms with E-state index in [0.29, 0.717) is 17.1 Å². The fourth-order valence-electron chi connectivity index (χ4n) is 4.15. The van der Waals surface area contributed by atoms with Crippen LogP contribution in [0.1, 0.15) is 55.9 Å². The van der Waals surface area contributed by atoms with E-state index >= 15 is 4.39 Å². The molecule has 0 amide bonds. The molecule has 0 radical (unpaired) electrons. The fourth-order valence-corrected chi connectivity index (χ4v) is 4.15. The Balaban J connectivity index is 0.00000420. The largest absolute Gasteiger partial charge is 2.00 e. The van der Waals surface area contributed by atoms with Crippen LogP contribution in [0.4, 0.5) is 23.2 Å². The third-order valence-corrected chi connectivity index (χ3v) is 6.54. The van der Waals surface area contributed by atoms with E-state index in [4.69, 9.17) is 16.8 Å². The van der Waals surface area contributed by atoms with E-state index in [1.54, 1.807) is 44.2 Å². The summed E-state index contributed by atoms with van der Waals surface area (Å²) in [7, 11) is 0. The summed E-state index contributed by atoms with van der Waals surface area (Å²) in [6, 6.07) is 18.6. The van der Waals surface area contributed by atoms with E-state index in [1.807, 2.05) is 13.8 Å². The molecule has 0 saturated heterocycles. The third kappa shape index (κ3) is 5.22. The Kier molecular flexibility index (Phi) is 8.44. The Morgan fingerprint density at radius 3 is 2.00 bits per heavy atom. The number of halogens is 4. The van der Waals surface area contributed by atoms with Crippen LogP contribution in [0.15, 0.2) is 48.5 Å². The molecule has 0 aliphatic carbocycles. The average Bonchev–Trinajstić information content (AvgIpc) is 2.89. The van der Waals surface area contributed by atoms with Crippen LogP contribution in [-0.2, 0) is 31.9 Å². The second-order valence-corrected chi connectivity index (χ2v) is 9.66. The van der Waals surface area contributed by atoms with Crippen LogP contribution in [0.5, 0.6) is 0 Å². The van der Waals surface area contributed by atoms with Crippen LogP contribution in [0.3, 0.4) is 0 Å². The van der Waals surface area contributed by atoms with Crippen molar-refractivity contribution in [1.29, 1.82) is 5.26 Å². The second kappa shape index (κ2) is 11.1. The van der Waals surface area contributed by atoms with Gasteiger partial charge in [0.25, 0.3) is 0 Å². The van der Waals surface area contributed by atoms with Gasteiger partial charge in [0.2, 0.25) is 0 Å². The van der Waals surface area contributed by atoms with Crippen molar-refractivity contribution < 1.29 is 38.6 Å². The van der Waals surface area contributed by atoms with Gasteiger partial charge in [-0.1, -0.05) is 37.6 Å². The van der Waals surface area contributed by atoms with Crippen LogP contribution in [0.2, 0.25) is 0 Å². The van der Waals surface area contributed by atoms with Gasteiger partial charge < -0.3 is 4.98 Å². The molecule has 0 unspecified atom stereocenters. The first-order chi connectivity index (χ1) is 17.9. The maximum absolute atomic E-state index is 15.0. The van der Waals surface area contributed by atoms with Gasteiger partial charge in [0.15, 0.2) is 0 Å². The van der Waals surface area contributed by atoms with Gasteiger partial charge in [-0.25, -0.2) is 0 Å². The number of pyridine rings is 2. The maximum atomic E-state index is 15.0. The molecule has 0 aliphatic heterocycles. The predicted octanol–water partition coefficient (Wildman–Crippen LogP) is 7.37. The van der Waals surface area contributed by atoms with Crippen LogP contribution in [0, 0.1) is 53.3 Å². The molecule has 4 rings (SSSR count). The van der Waals surface area contributed by atoms with E-state index in [0.717, 1.165) is 12.1 Å². The van der Waals surface area contributed by atoms with Gasteiger partial charge in [-0.15, -0.1) is 17.7 Å². The summed E-state index contributed by atoms with van der Waals surface area (Å²) < 4.78 is 57.5. The van der Waals surface area contributed by atoms with Crippen molar-refractivity contribution in [2.45, 2.75) is 38.5 Å². The zero-order valence-corrected chi connectivity index (χ0v) is 23.5. The normalized spacial score (nSPS) is 11.3. The smallest absolute Gasteiger partial charge is 0.300 e. The Hall–Kier alpha value is -3.87. The summed E-state index contributed by atoms with van der Waals surface area (Å²) in [6.07, 6.45) is 0. The SMILES string of the molecule is [C-]#[N+]c1c(F)c[c-]c(C(C)(C)c2cccc(C(C)(C)c3cccc(-c4[c-]cc(F)c(C#N)c4F)n3)n2)c1F.[Pt+2]. The number of hydrogen-bond donors (Lipinski definition) is 0. The third-order valence-electron chi connectivity index (χ3n) is 6.54. The number of aromatic nitrogens is 2. The van der Waals surface area contributed by atoms with Crippen molar-refractivity contribution in [3.63, 3.8) is 0 Å². The summed E-state index contributed by atoms with van der Waals surface area (Å²) in [6.45, 7) is 14.2. The topological polar surface area (TPSA) is 53.9 Å². The van der Waals surface area contributed by atoms with Crippen LogP contribution >= 0.6 is 0 Å². The quantitative estimate of drug-likeness (QED) is 0.161. The van der Waals surface area contributed by atoms with Gasteiger partial charge in [-0.05, 0) is 37.7 Å². The molecule has 0 fully saturated rings. The number of benzene rings is 2. The summed E-state index contributed by atoms with van der Waals surface area (Å²) in [5.41, 5.74) is -1.78. The van der Waals surface area contributed by atoms with Crippen molar-refractivity contribution in [1.82, 2.24) is 9.97 Å². The molecule has 39 heavy (non-hydrogen) atoms. The summed E-state index contributed by atoms with van der Waals surface area (Å²) >= 11 is 0. The first-order valence-electron chi connectivity index (χ1n) is 11.5. The Labute approximate surface area is 238 Å². The number of nitrogens with zero attached hydrogens (tertiary/aromatic N) is 4. The van der Waals surface area contributed by atoms with Gasteiger partial charge >= 0.3 is 21.1 Å². The van der Waals surface area contributed by atoms with E-state index in [1.165, 1.54) is 12.1 Å². The molecule has 0 N–H and O–H groups in total. The molecule has 0 bridgehead atoms. The van der Waals surface area contributed by atoms with Gasteiger partial charge in [0.05, 0.1) is 30.0 Å². The van der Waals surface area contributed by atoms with Gasteiger partial charge in [0, 0.05) is 39.4 Å². The van der Waals surface area contributed by atoms with Crippen molar-refractivity contribution in [3.05, 3.63) is 124 Å². The van der Waals surface area contributed by atoms with E-state index < -0.39 is 45.3 Å². The molecular weight excluding hydrogens is 687 g/mol. The fraction of sp³-hybridized carbons (Fsp3) is 0.200. The predicted molar refractivity (Wildman–Crippen MR) is 133 cm³/mol. The molecule has 0 aliphatic rings. The monoisotopic (exact) mass is 707 g/mol. The first-order valence-corrected chi connectivity index (χ1v) is 11.5. The Bertz CT molecular complexity index is 1650. The van der Waals surface area contributed by atoms with E-state index in [9.17, 15) is 13.2 Å². The Morgan fingerprint density at radius 1 is 0.821 bits per heavy atom. The molecule has 4 nitrogen and oxygen atoms in total. The van der Waals surface area contributed by atoms with Crippen molar-refractivity contribution in [3.8, 4) is 17.3 Å². The second-order valence-electron chi connectivity index (χ2n) is 9.66. The summed E-state index contributed by atoms with van der Waals surface area (Å²) in [4.78, 5) is 12.3. The van der Waals surface area contributed by atoms with Crippen molar-refractivity contribution >= 4 is 5.69 Å². The van der Waals surface area contributed by atoms with Gasteiger partial charge in [-0.2, -0.15) is 17.4 Å². The minimum atomic E-state index is -1.07. The van der Waals surface area contributed by atoms with Crippen molar-refractivity contribution in [2.75, 3.05) is 0 Å².